The van der Waals surface area contributed by atoms with Crippen LogP contribution in [0.3, 0.4) is 0 Å². The van der Waals surface area contributed by atoms with Gasteiger partial charge in [-0.05, 0) is 32.0 Å². The van der Waals surface area contributed by atoms with Crippen LogP contribution in [0.4, 0.5) is 0 Å². The average Bonchev–Trinajstić information content (AvgIpc) is 3.83. The highest BCUT2D eigenvalue weighted by molar-refractivity contribution is 7.18. The standard InChI is InChI=1S/C29H25ClN8O4S2/c1-14-33-35-27(38(14)17-8-9-18-21(10-17)44-15(2)31-18)26-24(39)23(37-11-19(34-36-37)28-32-22(30)13-43-28)25-20(41-26)12-40-29(42-25)16-6-4-3-5-7-16/h3-11,13,20,23-26,29,39H,12H2,1-2H3/t20?,23?,24-,25-,26+,29?/m0/s1. The van der Waals surface area contributed by atoms with Crippen molar-refractivity contribution in [2.24, 2.45) is 0 Å². The Morgan fingerprint density at radius 3 is 2.70 bits per heavy atom. The normalized spacial score (nSPS) is 25.4. The van der Waals surface area contributed by atoms with E-state index in [0.29, 0.717) is 27.5 Å². The quantitative estimate of drug-likeness (QED) is 0.271. The van der Waals surface area contributed by atoms with Crippen LogP contribution in [0.2, 0.25) is 5.15 Å². The van der Waals surface area contributed by atoms with Crippen LogP contribution in [0.1, 0.15) is 40.7 Å². The number of halogens is 1. The number of aliphatic hydroxyl groups is 1. The van der Waals surface area contributed by atoms with Gasteiger partial charge in [-0.15, -0.1) is 38.0 Å². The Morgan fingerprint density at radius 2 is 1.89 bits per heavy atom. The maximum Gasteiger partial charge on any atom is 0.184 e. The minimum Gasteiger partial charge on any atom is -0.388 e. The minimum atomic E-state index is -1.14. The van der Waals surface area contributed by atoms with Gasteiger partial charge in [0.05, 0.1) is 33.7 Å². The van der Waals surface area contributed by atoms with Crippen LogP contribution in [0, 0.1) is 13.8 Å². The summed E-state index contributed by atoms with van der Waals surface area (Å²) in [7, 11) is 0. The fourth-order valence-corrected chi connectivity index (χ4v) is 7.61. The van der Waals surface area contributed by atoms with Crippen molar-refractivity contribution in [1.29, 1.82) is 0 Å². The number of thiazole rings is 2. The van der Waals surface area contributed by atoms with Gasteiger partial charge in [0.15, 0.2) is 12.1 Å². The average molecular weight is 649 g/mol. The highest BCUT2D eigenvalue weighted by atomic mass is 35.5. The van der Waals surface area contributed by atoms with Gasteiger partial charge in [0.25, 0.3) is 0 Å². The predicted octanol–water partition coefficient (Wildman–Crippen LogP) is 5.02. The van der Waals surface area contributed by atoms with Gasteiger partial charge in [0.2, 0.25) is 0 Å². The van der Waals surface area contributed by atoms with E-state index in [9.17, 15) is 5.11 Å². The first-order valence-corrected chi connectivity index (χ1v) is 16.0. The third-order valence-corrected chi connectivity index (χ3v) is 9.92. The molecule has 2 aliphatic rings. The van der Waals surface area contributed by atoms with E-state index in [4.69, 9.17) is 25.8 Å². The van der Waals surface area contributed by atoms with E-state index in [2.05, 4.69) is 36.5 Å². The molecular formula is C29H25ClN8O4S2. The summed E-state index contributed by atoms with van der Waals surface area (Å²) in [5.74, 6) is 1.11. The van der Waals surface area contributed by atoms with Crippen LogP contribution < -0.4 is 0 Å². The second kappa shape index (κ2) is 11.1. The van der Waals surface area contributed by atoms with Gasteiger partial charge in [0.1, 0.15) is 52.1 Å². The lowest BCUT2D eigenvalue weighted by Crippen LogP contribution is -2.57. The number of hydrogen-bond donors (Lipinski definition) is 1. The second-order valence-electron chi connectivity index (χ2n) is 10.6. The molecule has 0 saturated carbocycles. The smallest absolute Gasteiger partial charge is 0.184 e. The summed E-state index contributed by atoms with van der Waals surface area (Å²) in [4.78, 5) is 8.91. The number of fused-ring (bicyclic) bond motifs is 2. The summed E-state index contributed by atoms with van der Waals surface area (Å²) in [5, 5.41) is 33.5. The Balaban J connectivity index is 1.19. The fourth-order valence-electron chi connectivity index (χ4n) is 5.85. The predicted molar refractivity (Wildman–Crippen MR) is 163 cm³/mol. The van der Waals surface area contributed by atoms with E-state index >= 15 is 0 Å². The zero-order valence-corrected chi connectivity index (χ0v) is 25.8. The van der Waals surface area contributed by atoms with E-state index in [1.54, 1.807) is 27.6 Å². The monoisotopic (exact) mass is 648 g/mol. The molecule has 2 fully saturated rings. The molecule has 2 aromatic carbocycles. The van der Waals surface area contributed by atoms with Crippen molar-refractivity contribution in [2.75, 3.05) is 6.61 Å². The molecule has 0 radical (unpaired) electrons. The van der Waals surface area contributed by atoms with E-state index in [0.717, 1.165) is 26.5 Å². The van der Waals surface area contributed by atoms with Gasteiger partial charge in [0, 0.05) is 10.9 Å². The maximum absolute atomic E-state index is 12.1. The summed E-state index contributed by atoms with van der Waals surface area (Å²) in [6.07, 6.45) is -2.10. The molecule has 15 heteroatoms. The molecule has 0 aliphatic carbocycles. The Morgan fingerprint density at radius 1 is 1.02 bits per heavy atom. The van der Waals surface area contributed by atoms with Crippen molar-refractivity contribution >= 4 is 44.5 Å². The fraction of sp³-hybridized carbons (Fsp3) is 0.310. The van der Waals surface area contributed by atoms with Gasteiger partial charge in [-0.25, -0.2) is 14.6 Å². The summed E-state index contributed by atoms with van der Waals surface area (Å²) in [6.45, 7) is 4.08. The van der Waals surface area contributed by atoms with Crippen LogP contribution in [0.15, 0.2) is 60.1 Å². The first kappa shape index (κ1) is 27.9. The van der Waals surface area contributed by atoms with Gasteiger partial charge in [-0.1, -0.05) is 47.1 Å². The Hall–Kier alpha value is -3.63. The molecule has 0 bridgehead atoms. The highest BCUT2D eigenvalue weighted by Crippen LogP contribution is 2.44. The van der Waals surface area contributed by atoms with Crippen LogP contribution >= 0.6 is 34.3 Å². The van der Waals surface area contributed by atoms with Crippen molar-refractivity contribution < 1.29 is 19.3 Å². The summed E-state index contributed by atoms with van der Waals surface area (Å²) < 4.78 is 23.8. The van der Waals surface area contributed by atoms with E-state index in [-0.39, 0.29) is 6.61 Å². The molecule has 0 amide bonds. The van der Waals surface area contributed by atoms with Crippen molar-refractivity contribution in [3.63, 3.8) is 0 Å². The molecule has 8 rings (SSSR count). The molecule has 1 N–H and O–H groups in total. The number of aliphatic hydroxyl groups excluding tert-OH is 1. The van der Waals surface area contributed by atoms with Crippen LogP contribution in [0.25, 0.3) is 26.6 Å². The molecule has 6 aromatic rings. The maximum atomic E-state index is 12.1. The zero-order valence-electron chi connectivity index (χ0n) is 23.4. The Kier molecular flexibility index (Phi) is 7.01. The third kappa shape index (κ3) is 4.83. The first-order chi connectivity index (χ1) is 21.4. The largest absolute Gasteiger partial charge is 0.388 e. The van der Waals surface area contributed by atoms with Crippen LogP contribution in [-0.2, 0) is 14.2 Å². The molecule has 6 heterocycles. The lowest BCUT2D eigenvalue weighted by Gasteiger charge is -2.47. The van der Waals surface area contributed by atoms with Gasteiger partial charge >= 0.3 is 0 Å². The number of aryl methyl sites for hydroxylation is 2. The summed E-state index contributed by atoms with van der Waals surface area (Å²) >= 11 is 9.06. The molecule has 6 atom stereocenters. The second-order valence-corrected chi connectivity index (χ2v) is 13.1. The number of aromatic nitrogens is 8. The number of benzene rings is 2. The lowest BCUT2D eigenvalue weighted by atomic mass is 9.91. The van der Waals surface area contributed by atoms with E-state index < -0.39 is 36.7 Å². The van der Waals surface area contributed by atoms with Gasteiger partial charge < -0.3 is 19.3 Å². The SMILES string of the molecule is Cc1nc2ccc(-n3c(C)nnc3[C@@H]3OC4COC(c5ccccc5)O[C@@H]4C(n4cc(-c5nc(Cl)cs5)nn4)[C@@H]3O)cc2s1. The molecule has 224 valence electrons. The van der Waals surface area contributed by atoms with Crippen LogP contribution in [0.5, 0.6) is 0 Å². The van der Waals surface area contributed by atoms with E-state index in [1.165, 1.54) is 11.3 Å². The van der Waals surface area contributed by atoms with Gasteiger partial charge in [-0.3, -0.25) is 4.57 Å². The molecule has 2 saturated heterocycles. The molecular weight excluding hydrogens is 624 g/mol. The van der Waals surface area contributed by atoms with Gasteiger partial charge in [-0.2, -0.15) is 0 Å². The topological polar surface area (TPSA) is 135 Å². The van der Waals surface area contributed by atoms with Crippen molar-refractivity contribution in [2.45, 2.75) is 50.6 Å². The first-order valence-electron chi connectivity index (χ1n) is 13.9. The van der Waals surface area contributed by atoms with Crippen molar-refractivity contribution in [1.82, 2.24) is 39.7 Å². The number of hydrogen-bond acceptors (Lipinski definition) is 12. The van der Waals surface area contributed by atoms with E-state index in [1.807, 2.05) is 60.9 Å². The van der Waals surface area contributed by atoms with Crippen LogP contribution in [-0.4, -0.2) is 69.8 Å². The number of nitrogens with zero attached hydrogens (tertiary/aromatic N) is 8. The number of ether oxygens (including phenoxy) is 3. The minimum absolute atomic E-state index is 0.229. The Labute approximate surface area is 263 Å². The molecule has 44 heavy (non-hydrogen) atoms. The summed E-state index contributed by atoms with van der Waals surface area (Å²) in [6, 6.07) is 15.0. The Bertz CT molecular complexity index is 1960. The molecule has 4 aromatic heterocycles. The lowest BCUT2D eigenvalue weighted by molar-refractivity contribution is -0.319. The van der Waals surface area contributed by atoms with Crippen molar-refractivity contribution in [3.8, 4) is 16.4 Å². The molecule has 3 unspecified atom stereocenters. The van der Waals surface area contributed by atoms with Crippen molar-refractivity contribution in [3.05, 3.63) is 87.5 Å². The third-order valence-electron chi connectivity index (χ3n) is 7.80. The zero-order chi connectivity index (χ0) is 29.9. The molecule has 2 aliphatic heterocycles. The highest BCUT2D eigenvalue weighted by Gasteiger charge is 2.52. The number of rotatable bonds is 5. The molecule has 0 spiro atoms. The molecule has 12 nitrogen and oxygen atoms in total. The summed E-state index contributed by atoms with van der Waals surface area (Å²) in [5.41, 5.74) is 3.17.